The number of hydrogen-bond donors (Lipinski definition) is 1. The van der Waals surface area contributed by atoms with Gasteiger partial charge in [-0.3, -0.25) is 0 Å². The van der Waals surface area contributed by atoms with E-state index in [1.165, 1.54) is 0 Å². The van der Waals surface area contributed by atoms with Crippen LogP contribution in [-0.2, 0) is 0 Å². The molecule has 0 bridgehead atoms. The van der Waals surface area contributed by atoms with Crippen LogP contribution in [0.2, 0.25) is 0 Å². The van der Waals surface area contributed by atoms with E-state index in [9.17, 15) is 9.59 Å². The molecular formula is C17H26N4O2. The Bertz CT molecular complexity index is 548. The molecule has 1 aliphatic rings. The minimum absolute atomic E-state index is 0.0265. The molecule has 1 aliphatic heterocycles. The number of anilines is 1. The fraction of sp³-hybridized carbons (Fsp3) is 0.529. The lowest BCUT2D eigenvalue weighted by atomic mass is 10.2. The maximum atomic E-state index is 12.3. The highest BCUT2D eigenvalue weighted by Crippen LogP contribution is 2.12. The van der Waals surface area contributed by atoms with Crippen molar-refractivity contribution < 1.29 is 9.59 Å². The lowest BCUT2D eigenvalue weighted by Gasteiger charge is -2.37. The van der Waals surface area contributed by atoms with Gasteiger partial charge in [0.05, 0.1) is 0 Å². The van der Waals surface area contributed by atoms with Crippen LogP contribution in [0.25, 0.3) is 0 Å². The number of carbonyl (C=O) groups is 2. The Kier molecular flexibility index (Phi) is 5.47. The quantitative estimate of drug-likeness (QED) is 0.911. The topological polar surface area (TPSA) is 55.9 Å². The third-order valence-corrected chi connectivity index (χ3v) is 4.22. The van der Waals surface area contributed by atoms with Crippen LogP contribution in [0, 0.1) is 6.92 Å². The molecule has 0 radical (unpaired) electrons. The summed E-state index contributed by atoms with van der Waals surface area (Å²) in [5.41, 5.74) is 1.95. The van der Waals surface area contributed by atoms with E-state index in [2.05, 4.69) is 5.32 Å². The number of piperazine rings is 1. The minimum atomic E-state index is -0.113. The Hall–Kier alpha value is -2.24. The average Bonchev–Trinajstić information content (AvgIpc) is 2.55. The molecule has 0 atom stereocenters. The van der Waals surface area contributed by atoms with E-state index >= 15 is 0 Å². The van der Waals surface area contributed by atoms with Crippen molar-refractivity contribution in [2.24, 2.45) is 0 Å². The van der Waals surface area contributed by atoms with E-state index in [4.69, 9.17) is 0 Å². The second-order valence-corrected chi connectivity index (χ2v) is 6.26. The molecule has 4 amide bonds. The molecule has 1 heterocycles. The van der Waals surface area contributed by atoms with Crippen LogP contribution >= 0.6 is 0 Å². The lowest BCUT2D eigenvalue weighted by molar-refractivity contribution is 0.121. The Morgan fingerprint density at radius 2 is 1.57 bits per heavy atom. The number of carbonyl (C=O) groups excluding carboxylic acids is 2. The predicted molar refractivity (Wildman–Crippen MR) is 91.6 cm³/mol. The Morgan fingerprint density at radius 1 is 1.04 bits per heavy atom. The van der Waals surface area contributed by atoms with Gasteiger partial charge in [0.25, 0.3) is 0 Å². The summed E-state index contributed by atoms with van der Waals surface area (Å²) in [6, 6.07) is 7.80. The normalized spacial score (nSPS) is 14.8. The van der Waals surface area contributed by atoms with E-state index in [0.717, 1.165) is 11.3 Å². The average molecular weight is 318 g/mol. The van der Waals surface area contributed by atoms with Gasteiger partial charge in [-0.05, 0) is 32.9 Å². The van der Waals surface area contributed by atoms with Crippen LogP contribution in [0.15, 0.2) is 24.3 Å². The Balaban J connectivity index is 1.85. The van der Waals surface area contributed by atoms with E-state index in [1.807, 2.05) is 52.1 Å². The van der Waals surface area contributed by atoms with Crippen molar-refractivity contribution in [2.75, 3.05) is 38.5 Å². The largest absolute Gasteiger partial charge is 0.325 e. The zero-order valence-corrected chi connectivity index (χ0v) is 14.4. The van der Waals surface area contributed by atoms with Crippen molar-refractivity contribution in [3.8, 4) is 0 Å². The van der Waals surface area contributed by atoms with Gasteiger partial charge in [-0.2, -0.15) is 0 Å². The van der Waals surface area contributed by atoms with Gasteiger partial charge in [0, 0.05) is 45.0 Å². The molecule has 1 fully saturated rings. The molecular weight excluding hydrogens is 292 g/mol. The van der Waals surface area contributed by atoms with E-state index in [-0.39, 0.29) is 18.1 Å². The van der Waals surface area contributed by atoms with E-state index in [1.54, 1.807) is 14.7 Å². The second kappa shape index (κ2) is 7.35. The summed E-state index contributed by atoms with van der Waals surface area (Å²) in [7, 11) is 1.81. The number of aryl methyl sites for hydroxylation is 1. The summed E-state index contributed by atoms with van der Waals surface area (Å²) in [5, 5.41) is 2.90. The highest BCUT2D eigenvalue weighted by Gasteiger charge is 2.26. The van der Waals surface area contributed by atoms with Crippen molar-refractivity contribution in [3.05, 3.63) is 29.8 Å². The summed E-state index contributed by atoms with van der Waals surface area (Å²) in [4.78, 5) is 29.8. The molecule has 23 heavy (non-hydrogen) atoms. The van der Waals surface area contributed by atoms with Crippen molar-refractivity contribution in [1.82, 2.24) is 14.7 Å². The Labute approximate surface area is 138 Å². The summed E-state index contributed by atoms with van der Waals surface area (Å²) in [5.74, 6) is 0. The summed E-state index contributed by atoms with van der Waals surface area (Å²) in [6.45, 7) is 8.22. The molecule has 1 saturated heterocycles. The van der Waals surface area contributed by atoms with E-state index < -0.39 is 0 Å². The van der Waals surface area contributed by atoms with Crippen LogP contribution < -0.4 is 5.32 Å². The molecule has 6 nitrogen and oxygen atoms in total. The number of amides is 4. The predicted octanol–water partition coefficient (Wildman–Crippen LogP) is 2.60. The smallest absolute Gasteiger partial charge is 0.321 e. The minimum Gasteiger partial charge on any atom is -0.325 e. The third-order valence-electron chi connectivity index (χ3n) is 4.22. The number of hydrogen-bond acceptors (Lipinski definition) is 2. The maximum absolute atomic E-state index is 12.3. The van der Waals surface area contributed by atoms with Crippen LogP contribution in [-0.4, -0.2) is 66.0 Å². The first-order valence-corrected chi connectivity index (χ1v) is 8.03. The molecule has 0 saturated carbocycles. The first kappa shape index (κ1) is 17.1. The molecule has 1 aromatic carbocycles. The first-order valence-electron chi connectivity index (χ1n) is 8.03. The summed E-state index contributed by atoms with van der Waals surface area (Å²) < 4.78 is 0. The molecule has 2 rings (SSSR count). The van der Waals surface area contributed by atoms with Crippen LogP contribution in [0.4, 0.5) is 15.3 Å². The van der Waals surface area contributed by atoms with Gasteiger partial charge in [0.15, 0.2) is 0 Å². The van der Waals surface area contributed by atoms with Gasteiger partial charge in [-0.15, -0.1) is 0 Å². The van der Waals surface area contributed by atoms with Crippen LogP contribution in [0.5, 0.6) is 0 Å². The lowest BCUT2D eigenvalue weighted by Crippen LogP contribution is -2.55. The van der Waals surface area contributed by atoms with Crippen LogP contribution in [0.3, 0.4) is 0 Å². The number of benzene rings is 1. The number of nitrogens with zero attached hydrogens (tertiary/aromatic N) is 3. The van der Waals surface area contributed by atoms with Gasteiger partial charge in [0.1, 0.15) is 0 Å². The highest BCUT2D eigenvalue weighted by atomic mass is 16.2. The maximum Gasteiger partial charge on any atom is 0.321 e. The molecule has 1 aromatic rings. The number of nitrogens with one attached hydrogen (secondary N) is 1. The zero-order valence-electron chi connectivity index (χ0n) is 14.4. The highest BCUT2D eigenvalue weighted by molar-refractivity contribution is 5.89. The van der Waals surface area contributed by atoms with Gasteiger partial charge < -0.3 is 20.0 Å². The molecule has 6 heteroatoms. The summed E-state index contributed by atoms with van der Waals surface area (Å²) in [6.07, 6.45) is 0. The number of urea groups is 2. The second-order valence-electron chi connectivity index (χ2n) is 6.26. The van der Waals surface area contributed by atoms with Crippen molar-refractivity contribution >= 4 is 17.7 Å². The van der Waals surface area contributed by atoms with Crippen molar-refractivity contribution in [3.63, 3.8) is 0 Å². The van der Waals surface area contributed by atoms with Crippen LogP contribution in [0.1, 0.15) is 19.4 Å². The molecule has 126 valence electrons. The Morgan fingerprint density at radius 3 is 2.09 bits per heavy atom. The first-order chi connectivity index (χ1) is 10.9. The summed E-state index contributed by atoms with van der Waals surface area (Å²) >= 11 is 0. The third kappa shape index (κ3) is 4.37. The standard InChI is InChI=1S/C17H26N4O2/c1-13(2)19(4)17(23)21-11-9-20(10-12-21)16(22)18-15-7-5-14(3)6-8-15/h5-8,13H,9-12H2,1-4H3,(H,18,22). The number of rotatable bonds is 2. The van der Waals surface area contributed by atoms with Gasteiger partial charge in [0.2, 0.25) is 0 Å². The van der Waals surface area contributed by atoms with Crippen molar-refractivity contribution in [1.29, 1.82) is 0 Å². The van der Waals surface area contributed by atoms with Crippen molar-refractivity contribution in [2.45, 2.75) is 26.8 Å². The van der Waals surface area contributed by atoms with Gasteiger partial charge in [-0.25, -0.2) is 9.59 Å². The molecule has 0 spiro atoms. The fourth-order valence-electron chi connectivity index (χ4n) is 2.38. The monoisotopic (exact) mass is 318 g/mol. The SMILES string of the molecule is Cc1ccc(NC(=O)N2CCN(C(=O)N(C)C(C)C)CC2)cc1. The molecule has 0 aliphatic carbocycles. The van der Waals surface area contributed by atoms with Gasteiger partial charge in [-0.1, -0.05) is 17.7 Å². The van der Waals surface area contributed by atoms with E-state index in [0.29, 0.717) is 26.2 Å². The zero-order chi connectivity index (χ0) is 17.0. The fourth-order valence-corrected chi connectivity index (χ4v) is 2.38. The van der Waals surface area contributed by atoms with Gasteiger partial charge >= 0.3 is 12.1 Å². The molecule has 1 N–H and O–H groups in total. The molecule has 0 aromatic heterocycles. The molecule has 0 unspecified atom stereocenters.